The van der Waals surface area contributed by atoms with Gasteiger partial charge in [-0.3, -0.25) is 0 Å². The Bertz CT molecular complexity index is 315. The van der Waals surface area contributed by atoms with Crippen molar-refractivity contribution in [2.24, 2.45) is 5.92 Å². The van der Waals surface area contributed by atoms with E-state index in [9.17, 15) is 9.59 Å². The van der Waals surface area contributed by atoms with Crippen LogP contribution in [-0.2, 0) is 14.3 Å². The highest BCUT2D eigenvalue weighted by Gasteiger charge is 2.24. The van der Waals surface area contributed by atoms with E-state index in [0.717, 1.165) is 12.8 Å². The smallest absolute Gasteiger partial charge is 0.334 e. The third-order valence-corrected chi connectivity index (χ3v) is 2.52. The van der Waals surface area contributed by atoms with Crippen LogP contribution < -0.4 is 0 Å². The van der Waals surface area contributed by atoms with E-state index in [2.05, 4.69) is 0 Å². The lowest BCUT2D eigenvalue weighted by Crippen LogP contribution is -2.19. The van der Waals surface area contributed by atoms with Crippen LogP contribution in [0.2, 0.25) is 0 Å². The molecule has 0 bridgehead atoms. The zero-order chi connectivity index (χ0) is 12.1. The Morgan fingerprint density at radius 1 is 1.25 bits per heavy atom. The number of hydrogen-bond acceptors (Lipinski definition) is 3. The molecule has 0 amide bonds. The molecule has 1 N–H and O–H groups in total. The maximum absolute atomic E-state index is 11.7. The van der Waals surface area contributed by atoms with Gasteiger partial charge in [-0.1, -0.05) is 13.8 Å². The molecular weight excluding hydrogens is 208 g/mol. The van der Waals surface area contributed by atoms with Crippen molar-refractivity contribution in [3.8, 4) is 0 Å². The molecule has 0 aromatic carbocycles. The number of hydrogen-bond donors (Lipinski definition) is 1. The second kappa shape index (κ2) is 5.68. The molecule has 0 fully saturated rings. The average Bonchev–Trinajstić information content (AvgIpc) is 2.25. The van der Waals surface area contributed by atoms with Crippen molar-refractivity contribution in [3.63, 3.8) is 0 Å². The molecule has 1 aliphatic carbocycles. The highest BCUT2D eigenvalue weighted by molar-refractivity contribution is 5.99. The highest BCUT2D eigenvalue weighted by atomic mass is 16.5. The van der Waals surface area contributed by atoms with Crippen LogP contribution in [0, 0.1) is 5.92 Å². The lowest BCUT2D eigenvalue weighted by molar-refractivity contribution is -0.141. The number of carboxylic acids is 1. The Kier molecular flexibility index (Phi) is 4.52. The summed E-state index contributed by atoms with van der Waals surface area (Å²) in [6, 6.07) is 0. The fraction of sp³-hybridized carbons (Fsp3) is 0.667. The van der Waals surface area contributed by atoms with E-state index in [1.807, 2.05) is 13.8 Å². The molecule has 0 atom stereocenters. The number of carboxylic acid groups (broad SMARTS) is 1. The molecule has 0 radical (unpaired) electrons. The summed E-state index contributed by atoms with van der Waals surface area (Å²) in [5, 5.41) is 8.97. The van der Waals surface area contributed by atoms with Crippen molar-refractivity contribution >= 4 is 11.9 Å². The summed E-state index contributed by atoms with van der Waals surface area (Å²) in [5.74, 6) is -1.18. The van der Waals surface area contributed by atoms with E-state index >= 15 is 0 Å². The van der Waals surface area contributed by atoms with E-state index in [4.69, 9.17) is 9.84 Å². The van der Waals surface area contributed by atoms with Crippen LogP contribution in [0.25, 0.3) is 0 Å². The van der Waals surface area contributed by atoms with Crippen molar-refractivity contribution in [3.05, 3.63) is 11.1 Å². The molecular formula is C12H18O4. The molecule has 4 heteroatoms. The van der Waals surface area contributed by atoms with Crippen LogP contribution in [0.15, 0.2) is 11.1 Å². The standard InChI is InChI=1S/C12H18O4/c1-8(2)7-16-12(15)10-6-4-3-5-9(10)11(13)14/h8H,3-7H2,1-2H3,(H,13,14). The maximum atomic E-state index is 11.7. The zero-order valence-electron chi connectivity index (χ0n) is 9.78. The van der Waals surface area contributed by atoms with Gasteiger partial charge in [0.15, 0.2) is 0 Å². The Balaban J connectivity index is 2.74. The quantitative estimate of drug-likeness (QED) is 0.746. The average molecular weight is 226 g/mol. The van der Waals surface area contributed by atoms with Crippen molar-refractivity contribution in [1.29, 1.82) is 0 Å². The maximum Gasteiger partial charge on any atom is 0.334 e. The highest BCUT2D eigenvalue weighted by Crippen LogP contribution is 2.25. The summed E-state index contributed by atoms with van der Waals surface area (Å²) in [6.07, 6.45) is 2.70. The zero-order valence-corrected chi connectivity index (χ0v) is 9.78. The molecule has 1 aliphatic rings. The van der Waals surface area contributed by atoms with Crippen molar-refractivity contribution in [1.82, 2.24) is 0 Å². The van der Waals surface area contributed by atoms with Gasteiger partial charge in [0, 0.05) is 11.1 Å². The van der Waals surface area contributed by atoms with Gasteiger partial charge >= 0.3 is 11.9 Å². The Hall–Kier alpha value is -1.32. The summed E-state index contributed by atoms with van der Waals surface area (Å²) >= 11 is 0. The normalized spacial score (nSPS) is 16.4. The van der Waals surface area contributed by atoms with Crippen LogP contribution in [-0.4, -0.2) is 23.7 Å². The number of rotatable bonds is 4. The summed E-state index contributed by atoms with van der Waals surface area (Å²) in [4.78, 5) is 22.6. The molecule has 0 unspecified atom stereocenters. The van der Waals surface area contributed by atoms with E-state index in [-0.39, 0.29) is 11.5 Å². The SMILES string of the molecule is CC(C)COC(=O)C1=C(C(=O)O)CCCC1. The van der Waals surface area contributed by atoms with Gasteiger partial charge in [-0.2, -0.15) is 0 Å². The van der Waals surface area contributed by atoms with Crippen molar-refractivity contribution in [2.45, 2.75) is 39.5 Å². The molecule has 0 aliphatic heterocycles. The number of carbonyl (C=O) groups is 2. The largest absolute Gasteiger partial charge is 0.478 e. The molecule has 0 aromatic heterocycles. The molecule has 0 aromatic rings. The van der Waals surface area contributed by atoms with Gasteiger partial charge < -0.3 is 9.84 Å². The minimum atomic E-state index is -0.990. The summed E-state index contributed by atoms with van der Waals surface area (Å²) in [7, 11) is 0. The first-order valence-electron chi connectivity index (χ1n) is 5.64. The Morgan fingerprint density at radius 3 is 2.31 bits per heavy atom. The molecule has 0 heterocycles. The molecule has 16 heavy (non-hydrogen) atoms. The van der Waals surface area contributed by atoms with Gasteiger partial charge in [0.05, 0.1) is 6.61 Å². The number of ether oxygens (including phenoxy) is 1. The summed E-state index contributed by atoms with van der Waals surface area (Å²) < 4.78 is 5.06. The number of carbonyl (C=O) groups excluding carboxylic acids is 1. The van der Waals surface area contributed by atoms with Crippen LogP contribution in [0.4, 0.5) is 0 Å². The Labute approximate surface area is 95.3 Å². The predicted octanol–water partition coefficient (Wildman–Crippen LogP) is 2.14. The predicted molar refractivity (Wildman–Crippen MR) is 58.9 cm³/mol. The van der Waals surface area contributed by atoms with Gasteiger partial charge in [-0.05, 0) is 31.6 Å². The molecule has 90 valence electrons. The molecule has 0 saturated carbocycles. The first-order valence-corrected chi connectivity index (χ1v) is 5.64. The summed E-state index contributed by atoms with van der Waals surface area (Å²) in [6.45, 7) is 4.23. The van der Waals surface area contributed by atoms with E-state index in [1.54, 1.807) is 0 Å². The van der Waals surface area contributed by atoms with Crippen LogP contribution in [0.1, 0.15) is 39.5 Å². The lowest BCUT2D eigenvalue weighted by atomic mass is 9.92. The Morgan fingerprint density at radius 2 is 1.81 bits per heavy atom. The van der Waals surface area contributed by atoms with Gasteiger partial charge in [0.2, 0.25) is 0 Å². The molecule has 0 spiro atoms. The first-order chi connectivity index (χ1) is 7.52. The lowest BCUT2D eigenvalue weighted by Gasteiger charge is -2.17. The first kappa shape index (κ1) is 12.7. The van der Waals surface area contributed by atoms with Gasteiger partial charge in [0.25, 0.3) is 0 Å². The minimum Gasteiger partial charge on any atom is -0.478 e. The number of esters is 1. The monoisotopic (exact) mass is 226 g/mol. The number of aliphatic carboxylic acids is 1. The second-order valence-corrected chi connectivity index (χ2v) is 4.46. The van der Waals surface area contributed by atoms with Crippen LogP contribution in [0.5, 0.6) is 0 Å². The third-order valence-electron chi connectivity index (χ3n) is 2.52. The third kappa shape index (κ3) is 3.36. The topological polar surface area (TPSA) is 63.6 Å². The van der Waals surface area contributed by atoms with Crippen molar-refractivity contribution in [2.75, 3.05) is 6.61 Å². The van der Waals surface area contributed by atoms with E-state index in [1.165, 1.54) is 0 Å². The fourth-order valence-corrected chi connectivity index (χ4v) is 1.70. The van der Waals surface area contributed by atoms with Crippen LogP contribution >= 0.6 is 0 Å². The minimum absolute atomic E-state index is 0.236. The second-order valence-electron chi connectivity index (χ2n) is 4.46. The molecule has 0 saturated heterocycles. The van der Waals surface area contributed by atoms with Crippen LogP contribution in [0.3, 0.4) is 0 Å². The fourth-order valence-electron chi connectivity index (χ4n) is 1.70. The summed E-state index contributed by atoms with van der Waals surface area (Å²) in [5.41, 5.74) is 0.597. The van der Waals surface area contributed by atoms with Gasteiger partial charge in [0.1, 0.15) is 0 Å². The van der Waals surface area contributed by atoms with Crippen molar-refractivity contribution < 1.29 is 19.4 Å². The van der Waals surface area contributed by atoms with Gasteiger partial charge in [-0.25, -0.2) is 9.59 Å². The molecule has 1 rings (SSSR count). The van der Waals surface area contributed by atoms with E-state index < -0.39 is 11.9 Å². The van der Waals surface area contributed by atoms with E-state index in [0.29, 0.717) is 25.0 Å². The van der Waals surface area contributed by atoms with Gasteiger partial charge in [-0.15, -0.1) is 0 Å². The molecule has 4 nitrogen and oxygen atoms in total.